The molecule has 0 heterocycles. The van der Waals surface area contributed by atoms with Crippen molar-refractivity contribution >= 4 is 18.2 Å². The van der Waals surface area contributed by atoms with E-state index in [-0.39, 0.29) is 5.84 Å². The Morgan fingerprint density at radius 1 is 1.38 bits per heavy atom. The van der Waals surface area contributed by atoms with E-state index in [1.165, 1.54) is 0 Å². The van der Waals surface area contributed by atoms with E-state index in [0.29, 0.717) is 18.3 Å². The number of amidine groups is 1. The molecule has 0 aliphatic carbocycles. The molecule has 6 heteroatoms. The molecule has 4 N–H and O–H groups in total. The SMILES string of the molecule is CC(C)(C)OC(=O)N[C@H](C=O)Cc1ccc(C(=N)N)cc1. The Bertz CT molecular complexity index is 518. The van der Waals surface area contributed by atoms with Crippen LogP contribution in [0.2, 0.25) is 0 Å². The summed E-state index contributed by atoms with van der Waals surface area (Å²) < 4.78 is 5.10. The topological polar surface area (TPSA) is 105 Å². The Morgan fingerprint density at radius 3 is 2.38 bits per heavy atom. The number of nitrogens with one attached hydrogen (secondary N) is 2. The summed E-state index contributed by atoms with van der Waals surface area (Å²) in [7, 11) is 0. The largest absolute Gasteiger partial charge is 0.444 e. The zero-order valence-corrected chi connectivity index (χ0v) is 12.5. The van der Waals surface area contributed by atoms with Crippen LogP contribution in [0.5, 0.6) is 0 Å². The van der Waals surface area contributed by atoms with Crippen LogP contribution in [0.15, 0.2) is 24.3 Å². The number of ether oxygens (including phenoxy) is 1. The molecule has 1 amide bonds. The number of hydrogen-bond donors (Lipinski definition) is 3. The maximum Gasteiger partial charge on any atom is 0.408 e. The zero-order valence-electron chi connectivity index (χ0n) is 12.5. The third kappa shape index (κ3) is 6.07. The standard InChI is InChI=1S/C15H21N3O3/c1-15(2,3)21-14(20)18-12(9-19)8-10-4-6-11(7-5-10)13(16)17/h4-7,9,12H,8H2,1-3H3,(H3,16,17)(H,18,20)/t12-/m0/s1. The van der Waals surface area contributed by atoms with Crippen LogP contribution in [0.3, 0.4) is 0 Å². The van der Waals surface area contributed by atoms with Gasteiger partial charge in [0.05, 0.1) is 6.04 Å². The molecule has 0 aromatic heterocycles. The molecule has 0 fully saturated rings. The Hall–Kier alpha value is -2.37. The summed E-state index contributed by atoms with van der Waals surface area (Å²) in [6, 6.07) is 6.27. The summed E-state index contributed by atoms with van der Waals surface area (Å²) in [6.07, 6.45) is 0.393. The fourth-order valence-corrected chi connectivity index (χ4v) is 1.67. The second-order valence-corrected chi connectivity index (χ2v) is 5.70. The molecule has 0 bridgehead atoms. The molecule has 0 spiro atoms. The fourth-order valence-electron chi connectivity index (χ4n) is 1.67. The van der Waals surface area contributed by atoms with Gasteiger partial charge >= 0.3 is 6.09 Å². The van der Waals surface area contributed by atoms with Crippen molar-refractivity contribution in [1.82, 2.24) is 5.32 Å². The van der Waals surface area contributed by atoms with Crippen LogP contribution in [0.25, 0.3) is 0 Å². The lowest BCUT2D eigenvalue weighted by Gasteiger charge is -2.21. The predicted molar refractivity (Wildman–Crippen MR) is 80.4 cm³/mol. The fraction of sp³-hybridized carbons (Fsp3) is 0.400. The number of nitrogens with two attached hydrogens (primary N) is 1. The Labute approximate surface area is 124 Å². The van der Waals surface area contributed by atoms with E-state index in [1.54, 1.807) is 45.0 Å². The van der Waals surface area contributed by atoms with Gasteiger partial charge in [-0.15, -0.1) is 0 Å². The molecule has 21 heavy (non-hydrogen) atoms. The van der Waals surface area contributed by atoms with E-state index in [4.69, 9.17) is 15.9 Å². The molecule has 6 nitrogen and oxygen atoms in total. The molecule has 1 aromatic rings. The highest BCUT2D eigenvalue weighted by atomic mass is 16.6. The van der Waals surface area contributed by atoms with Crippen LogP contribution in [0, 0.1) is 5.41 Å². The van der Waals surface area contributed by atoms with Crippen molar-refractivity contribution in [2.45, 2.75) is 38.8 Å². The van der Waals surface area contributed by atoms with Gasteiger partial charge in [0.2, 0.25) is 0 Å². The number of alkyl carbamates (subject to hydrolysis) is 1. The van der Waals surface area contributed by atoms with Gasteiger partial charge in [-0.05, 0) is 32.8 Å². The molecule has 1 rings (SSSR count). The van der Waals surface area contributed by atoms with E-state index in [9.17, 15) is 9.59 Å². The lowest BCUT2D eigenvalue weighted by molar-refractivity contribution is -0.109. The number of amides is 1. The molecule has 0 unspecified atom stereocenters. The van der Waals surface area contributed by atoms with E-state index < -0.39 is 17.7 Å². The average Bonchev–Trinajstić information content (AvgIpc) is 2.36. The van der Waals surface area contributed by atoms with E-state index in [2.05, 4.69) is 5.32 Å². The average molecular weight is 291 g/mol. The molecule has 0 saturated carbocycles. The number of carbonyl (C=O) groups is 2. The van der Waals surface area contributed by atoms with Crippen molar-refractivity contribution in [2.75, 3.05) is 0 Å². The molecule has 1 atom stereocenters. The summed E-state index contributed by atoms with van der Waals surface area (Å²) in [5, 5.41) is 9.82. The van der Waals surface area contributed by atoms with Crippen molar-refractivity contribution in [1.29, 1.82) is 5.41 Å². The highest BCUT2D eigenvalue weighted by Gasteiger charge is 2.19. The van der Waals surface area contributed by atoms with Gasteiger partial charge in [-0.3, -0.25) is 5.41 Å². The third-order valence-electron chi connectivity index (χ3n) is 2.59. The number of rotatable bonds is 5. The second kappa shape index (κ2) is 6.88. The Balaban J connectivity index is 2.63. The first-order valence-electron chi connectivity index (χ1n) is 6.59. The van der Waals surface area contributed by atoms with E-state index in [1.807, 2.05) is 0 Å². The van der Waals surface area contributed by atoms with Crippen molar-refractivity contribution in [3.63, 3.8) is 0 Å². The van der Waals surface area contributed by atoms with E-state index in [0.717, 1.165) is 5.56 Å². The van der Waals surface area contributed by atoms with Gasteiger partial charge in [-0.1, -0.05) is 24.3 Å². The highest BCUT2D eigenvalue weighted by molar-refractivity contribution is 5.94. The number of nitrogen functional groups attached to an aromatic ring is 1. The first-order valence-corrected chi connectivity index (χ1v) is 6.59. The van der Waals surface area contributed by atoms with Crippen molar-refractivity contribution in [3.8, 4) is 0 Å². The predicted octanol–water partition coefficient (Wildman–Crippen LogP) is 1.61. The third-order valence-corrected chi connectivity index (χ3v) is 2.59. The van der Waals surface area contributed by atoms with Crippen LogP contribution < -0.4 is 11.1 Å². The first-order chi connectivity index (χ1) is 9.71. The normalized spacial score (nSPS) is 12.3. The molecular weight excluding hydrogens is 270 g/mol. The van der Waals surface area contributed by atoms with Gasteiger partial charge in [-0.2, -0.15) is 0 Å². The summed E-state index contributed by atoms with van der Waals surface area (Å²) in [6.45, 7) is 5.26. The molecular formula is C15H21N3O3. The van der Waals surface area contributed by atoms with Crippen LogP contribution >= 0.6 is 0 Å². The van der Waals surface area contributed by atoms with Gasteiger partial charge in [-0.25, -0.2) is 4.79 Å². The Morgan fingerprint density at radius 2 is 1.95 bits per heavy atom. The minimum absolute atomic E-state index is 0.0135. The van der Waals surface area contributed by atoms with Crippen LogP contribution in [0.4, 0.5) is 4.79 Å². The molecule has 0 aliphatic heterocycles. The smallest absolute Gasteiger partial charge is 0.408 e. The second-order valence-electron chi connectivity index (χ2n) is 5.70. The Kier molecular flexibility index (Phi) is 5.46. The summed E-state index contributed by atoms with van der Waals surface area (Å²) in [4.78, 5) is 22.7. The molecule has 0 saturated heterocycles. The number of hydrogen-bond acceptors (Lipinski definition) is 4. The number of carbonyl (C=O) groups excluding carboxylic acids is 2. The van der Waals surface area contributed by atoms with Gasteiger partial charge in [0.25, 0.3) is 0 Å². The maximum atomic E-state index is 11.6. The van der Waals surface area contributed by atoms with Crippen molar-refractivity contribution < 1.29 is 14.3 Å². The minimum atomic E-state index is -0.664. The van der Waals surface area contributed by atoms with Gasteiger partial charge in [0, 0.05) is 5.56 Å². The van der Waals surface area contributed by atoms with Gasteiger partial charge < -0.3 is 20.6 Å². The summed E-state index contributed by atoms with van der Waals surface area (Å²) in [5.74, 6) is -0.0135. The summed E-state index contributed by atoms with van der Waals surface area (Å²) >= 11 is 0. The maximum absolute atomic E-state index is 11.6. The van der Waals surface area contributed by atoms with Crippen LogP contribution in [0.1, 0.15) is 31.9 Å². The molecule has 0 radical (unpaired) electrons. The molecule has 114 valence electrons. The van der Waals surface area contributed by atoms with Crippen LogP contribution in [-0.2, 0) is 16.0 Å². The molecule has 0 aliphatic rings. The van der Waals surface area contributed by atoms with Gasteiger partial charge in [0.1, 0.15) is 17.7 Å². The molecule has 1 aromatic carbocycles. The highest BCUT2D eigenvalue weighted by Crippen LogP contribution is 2.09. The number of benzene rings is 1. The lowest BCUT2D eigenvalue weighted by atomic mass is 10.0. The monoisotopic (exact) mass is 291 g/mol. The first kappa shape index (κ1) is 16.7. The van der Waals surface area contributed by atoms with Crippen molar-refractivity contribution in [3.05, 3.63) is 35.4 Å². The lowest BCUT2D eigenvalue weighted by Crippen LogP contribution is -2.41. The minimum Gasteiger partial charge on any atom is -0.444 e. The quantitative estimate of drug-likeness (QED) is 0.435. The van der Waals surface area contributed by atoms with Crippen LogP contribution in [-0.4, -0.2) is 29.9 Å². The van der Waals surface area contributed by atoms with Crippen molar-refractivity contribution in [2.24, 2.45) is 5.73 Å². The van der Waals surface area contributed by atoms with E-state index >= 15 is 0 Å². The van der Waals surface area contributed by atoms with Gasteiger partial charge in [0.15, 0.2) is 0 Å². The zero-order chi connectivity index (χ0) is 16.0. The number of aldehydes is 1. The summed E-state index contributed by atoms with van der Waals surface area (Å²) in [5.41, 5.74) is 6.23.